The summed E-state index contributed by atoms with van der Waals surface area (Å²) >= 11 is 3.31. The third-order valence-electron chi connectivity index (χ3n) is 2.53. The Morgan fingerprint density at radius 1 is 1.27 bits per heavy atom. The summed E-state index contributed by atoms with van der Waals surface area (Å²) in [5, 5.41) is 2.68. The van der Waals surface area contributed by atoms with E-state index in [0.29, 0.717) is 6.61 Å². The SMILES string of the molecule is C#C.Fc1ccccc1.O=C1N[C@H](c2cncc(Br)c2)CO1. The highest BCUT2D eigenvalue weighted by Crippen LogP contribution is 2.19. The van der Waals surface area contributed by atoms with Gasteiger partial charge in [-0.15, -0.1) is 12.8 Å². The van der Waals surface area contributed by atoms with E-state index in [0.717, 1.165) is 10.0 Å². The largest absolute Gasteiger partial charge is 0.447 e. The Labute approximate surface area is 136 Å². The van der Waals surface area contributed by atoms with Gasteiger partial charge in [0.05, 0.1) is 6.04 Å². The van der Waals surface area contributed by atoms with Crippen LogP contribution in [0.2, 0.25) is 0 Å². The third-order valence-corrected chi connectivity index (χ3v) is 2.97. The summed E-state index contributed by atoms with van der Waals surface area (Å²) in [6.07, 6.45) is 11.0. The summed E-state index contributed by atoms with van der Waals surface area (Å²) in [6.45, 7) is 0.372. The Morgan fingerprint density at radius 3 is 2.41 bits per heavy atom. The van der Waals surface area contributed by atoms with Crippen LogP contribution in [0.3, 0.4) is 0 Å². The molecule has 1 N–H and O–H groups in total. The van der Waals surface area contributed by atoms with E-state index in [-0.39, 0.29) is 18.0 Å². The van der Waals surface area contributed by atoms with Crippen LogP contribution in [0.15, 0.2) is 53.3 Å². The molecular formula is C16H14BrFN2O2. The number of benzene rings is 1. The van der Waals surface area contributed by atoms with Gasteiger partial charge in [0, 0.05) is 16.9 Å². The van der Waals surface area contributed by atoms with Gasteiger partial charge in [0.2, 0.25) is 0 Å². The number of rotatable bonds is 1. The molecule has 0 saturated carbocycles. The van der Waals surface area contributed by atoms with Crippen LogP contribution in [0.25, 0.3) is 0 Å². The molecule has 1 aliphatic heterocycles. The number of carbonyl (C=O) groups is 1. The number of alkyl carbamates (subject to hydrolysis) is 1. The van der Waals surface area contributed by atoms with E-state index in [2.05, 4.69) is 39.1 Å². The smallest absolute Gasteiger partial charge is 0.407 e. The normalized spacial score (nSPS) is 15.3. The second-order valence-electron chi connectivity index (χ2n) is 4.03. The number of nitrogens with one attached hydrogen (secondary N) is 1. The van der Waals surface area contributed by atoms with E-state index < -0.39 is 0 Å². The molecule has 0 aliphatic carbocycles. The standard InChI is InChI=1S/C8H7BrN2O2.C6H5F.C2H2/c9-6-1-5(2-10-3-6)7-4-13-8(12)11-7;7-6-4-2-1-3-5-6;1-2/h1-3,7H,4H2,(H,11,12);1-5H;1-2H/t7-;;/m0../s1. The fourth-order valence-corrected chi connectivity index (χ4v) is 1.98. The zero-order valence-corrected chi connectivity index (χ0v) is 13.2. The van der Waals surface area contributed by atoms with E-state index in [4.69, 9.17) is 4.74 Å². The maximum Gasteiger partial charge on any atom is 0.407 e. The zero-order valence-electron chi connectivity index (χ0n) is 11.6. The summed E-state index contributed by atoms with van der Waals surface area (Å²) in [5.74, 6) is -0.178. The number of amides is 1. The van der Waals surface area contributed by atoms with Crippen LogP contribution in [0, 0.1) is 18.7 Å². The maximum atomic E-state index is 11.9. The quantitative estimate of drug-likeness (QED) is 0.784. The summed E-state index contributed by atoms with van der Waals surface area (Å²) in [4.78, 5) is 14.7. The van der Waals surface area contributed by atoms with Gasteiger partial charge in [0.25, 0.3) is 0 Å². The molecule has 2 heterocycles. The fourth-order valence-electron chi connectivity index (χ4n) is 1.60. The highest BCUT2D eigenvalue weighted by atomic mass is 79.9. The van der Waals surface area contributed by atoms with E-state index in [1.54, 1.807) is 30.6 Å². The Balaban J connectivity index is 0.000000228. The van der Waals surface area contributed by atoms with Crippen molar-refractivity contribution in [1.29, 1.82) is 0 Å². The van der Waals surface area contributed by atoms with Crippen LogP contribution in [0.5, 0.6) is 0 Å². The predicted octanol–water partition coefficient (Wildman–Crippen LogP) is 3.70. The number of aromatic nitrogens is 1. The topological polar surface area (TPSA) is 51.2 Å². The third kappa shape index (κ3) is 5.94. The minimum atomic E-state index is -0.370. The molecule has 1 aromatic carbocycles. The van der Waals surface area contributed by atoms with E-state index >= 15 is 0 Å². The number of pyridine rings is 1. The minimum absolute atomic E-state index is 0.0718. The van der Waals surface area contributed by atoms with Crippen LogP contribution in [0.1, 0.15) is 11.6 Å². The van der Waals surface area contributed by atoms with Crippen molar-refractivity contribution in [2.24, 2.45) is 0 Å². The molecule has 4 nitrogen and oxygen atoms in total. The summed E-state index contributed by atoms with van der Waals surface area (Å²) in [6, 6.07) is 9.78. The molecule has 6 heteroatoms. The summed E-state index contributed by atoms with van der Waals surface area (Å²) < 4.78 is 17.6. The number of carbonyl (C=O) groups excluding carboxylic acids is 1. The predicted molar refractivity (Wildman–Crippen MR) is 85.5 cm³/mol. The van der Waals surface area contributed by atoms with Crippen LogP contribution >= 0.6 is 15.9 Å². The molecule has 1 amide bonds. The van der Waals surface area contributed by atoms with Crippen LogP contribution in [-0.4, -0.2) is 17.7 Å². The van der Waals surface area contributed by atoms with Crippen molar-refractivity contribution in [3.05, 3.63) is 64.6 Å². The second-order valence-corrected chi connectivity index (χ2v) is 4.94. The first-order chi connectivity index (χ1) is 10.6. The number of hydrogen-bond donors (Lipinski definition) is 1. The monoisotopic (exact) mass is 364 g/mol. The van der Waals surface area contributed by atoms with E-state index in [1.165, 1.54) is 12.1 Å². The molecule has 0 radical (unpaired) electrons. The molecule has 3 rings (SSSR count). The first-order valence-electron chi connectivity index (χ1n) is 6.23. The molecule has 1 atom stereocenters. The van der Waals surface area contributed by atoms with Crippen molar-refractivity contribution in [3.8, 4) is 12.8 Å². The lowest BCUT2D eigenvalue weighted by Crippen LogP contribution is -2.18. The average molecular weight is 365 g/mol. The number of hydrogen-bond acceptors (Lipinski definition) is 3. The second kappa shape index (κ2) is 9.53. The number of terminal acetylenes is 1. The number of halogens is 2. The molecule has 0 unspecified atom stereocenters. The average Bonchev–Trinajstić information content (AvgIpc) is 2.97. The van der Waals surface area contributed by atoms with Crippen LogP contribution in [-0.2, 0) is 4.74 Å². The molecular weight excluding hydrogens is 351 g/mol. The number of cyclic esters (lactones) is 1. The Kier molecular flexibility index (Phi) is 7.65. The highest BCUT2D eigenvalue weighted by molar-refractivity contribution is 9.10. The molecule has 114 valence electrons. The Morgan fingerprint density at radius 2 is 1.95 bits per heavy atom. The first kappa shape index (κ1) is 17.7. The number of nitrogens with zero attached hydrogens (tertiary/aromatic N) is 1. The number of ether oxygens (including phenoxy) is 1. The van der Waals surface area contributed by atoms with Gasteiger partial charge in [0.1, 0.15) is 12.4 Å². The highest BCUT2D eigenvalue weighted by Gasteiger charge is 2.23. The molecule has 22 heavy (non-hydrogen) atoms. The maximum absolute atomic E-state index is 11.9. The molecule has 0 bridgehead atoms. The van der Waals surface area contributed by atoms with Crippen molar-refractivity contribution in [2.45, 2.75) is 6.04 Å². The van der Waals surface area contributed by atoms with Crippen molar-refractivity contribution in [1.82, 2.24) is 10.3 Å². The molecule has 1 aromatic heterocycles. The van der Waals surface area contributed by atoms with Crippen molar-refractivity contribution in [2.75, 3.05) is 6.61 Å². The molecule has 1 saturated heterocycles. The fraction of sp³-hybridized carbons (Fsp3) is 0.125. The van der Waals surface area contributed by atoms with Crippen molar-refractivity contribution >= 4 is 22.0 Å². The van der Waals surface area contributed by atoms with Gasteiger partial charge in [-0.25, -0.2) is 9.18 Å². The lowest BCUT2D eigenvalue weighted by Gasteiger charge is -2.06. The lowest BCUT2D eigenvalue weighted by atomic mass is 10.1. The van der Waals surface area contributed by atoms with E-state index in [1.807, 2.05) is 6.07 Å². The molecule has 1 aliphatic rings. The van der Waals surface area contributed by atoms with E-state index in [9.17, 15) is 9.18 Å². The lowest BCUT2D eigenvalue weighted by molar-refractivity contribution is 0.177. The van der Waals surface area contributed by atoms with Crippen molar-refractivity contribution < 1.29 is 13.9 Å². The van der Waals surface area contributed by atoms with Crippen LogP contribution < -0.4 is 5.32 Å². The summed E-state index contributed by atoms with van der Waals surface area (Å²) in [5.41, 5.74) is 0.945. The van der Waals surface area contributed by atoms with Gasteiger partial charge < -0.3 is 10.1 Å². The molecule has 0 spiro atoms. The van der Waals surface area contributed by atoms with Gasteiger partial charge >= 0.3 is 6.09 Å². The van der Waals surface area contributed by atoms with Gasteiger partial charge in [-0.2, -0.15) is 0 Å². The van der Waals surface area contributed by atoms with Gasteiger partial charge in [-0.05, 0) is 39.7 Å². The molecule has 1 fully saturated rings. The zero-order chi connectivity index (χ0) is 16.4. The van der Waals surface area contributed by atoms with Gasteiger partial charge in [-0.1, -0.05) is 18.2 Å². The summed E-state index contributed by atoms with van der Waals surface area (Å²) in [7, 11) is 0. The van der Waals surface area contributed by atoms with Gasteiger partial charge in [-0.3, -0.25) is 4.98 Å². The molecule has 2 aromatic rings. The van der Waals surface area contributed by atoms with Crippen molar-refractivity contribution in [3.63, 3.8) is 0 Å². The Bertz CT molecular complexity index is 620. The minimum Gasteiger partial charge on any atom is -0.447 e. The Hall–Kier alpha value is -2.39. The van der Waals surface area contributed by atoms with Crippen LogP contribution in [0.4, 0.5) is 9.18 Å². The van der Waals surface area contributed by atoms with Gasteiger partial charge in [0.15, 0.2) is 0 Å². The first-order valence-corrected chi connectivity index (χ1v) is 7.02.